The van der Waals surface area contributed by atoms with Crippen LogP contribution in [0.15, 0.2) is 17.3 Å². The standard InChI is InChI=1S/C12H18N4OS/c1-2-4-18-5-3-13-6-9-7-14-11-10(9)15-8-16-12(11)17/h7-8,13-14H,2-6H2,1H3,(H,15,16,17). The fraction of sp³-hybridized carbons (Fsp3) is 0.500. The van der Waals surface area contributed by atoms with Crippen LogP contribution in [-0.2, 0) is 6.54 Å². The largest absolute Gasteiger partial charge is 0.355 e. The first-order chi connectivity index (χ1) is 8.83. The number of thioether (sulfide) groups is 1. The van der Waals surface area contributed by atoms with Crippen LogP contribution in [-0.4, -0.2) is 33.0 Å². The molecule has 0 aliphatic heterocycles. The summed E-state index contributed by atoms with van der Waals surface area (Å²) in [5.74, 6) is 2.33. The molecule has 5 nitrogen and oxygen atoms in total. The van der Waals surface area contributed by atoms with E-state index in [4.69, 9.17) is 0 Å². The molecule has 0 aliphatic rings. The lowest BCUT2D eigenvalue weighted by Crippen LogP contribution is -2.16. The first-order valence-corrected chi connectivity index (χ1v) is 7.30. The van der Waals surface area contributed by atoms with Crippen molar-refractivity contribution >= 4 is 22.8 Å². The van der Waals surface area contributed by atoms with E-state index >= 15 is 0 Å². The van der Waals surface area contributed by atoms with Crippen LogP contribution in [0.25, 0.3) is 11.0 Å². The van der Waals surface area contributed by atoms with Gasteiger partial charge in [-0.15, -0.1) is 0 Å². The molecule has 0 spiro atoms. The molecule has 0 radical (unpaired) electrons. The first-order valence-electron chi connectivity index (χ1n) is 6.15. The Bertz CT molecular complexity index is 548. The van der Waals surface area contributed by atoms with Crippen LogP contribution >= 0.6 is 11.8 Å². The Morgan fingerprint density at radius 3 is 3.11 bits per heavy atom. The molecule has 0 amide bonds. The monoisotopic (exact) mass is 266 g/mol. The summed E-state index contributed by atoms with van der Waals surface area (Å²) in [5, 5.41) is 3.37. The van der Waals surface area contributed by atoms with E-state index in [9.17, 15) is 4.79 Å². The molecule has 0 aliphatic carbocycles. The van der Waals surface area contributed by atoms with Gasteiger partial charge in [-0.1, -0.05) is 6.92 Å². The molecule has 0 saturated heterocycles. The molecule has 2 aromatic rings. The minimum atomic E-state index is -0.121. The number of hydrogen-bond acceptors (Lipinski definition) is 4. The van der Waals surface area contributed by atoms with Crippen molar-refractivity contribution in [2.24, 2.45) is 0 Å². The highest BCUT2D eigenvalue weighted by Gasteiger charge is 2.06. The Morgan fingerprint density at radius 1 is 1.39 bits per heavy atom. The zero-order chi connectivity index (χ0) is 12.8. The summed E-state index contributed by atoms with van der Waals surface area (Å²) >= 11 is 1.96. The zero-order valence-corrected chi connectivity index (χ0v) is 11.3. The van der Waals surface area contributed by atoms with E-state index in [2.05, 4.69) is 27.2 Å². The van der Waals surface area contributed by atoms with Crippen molar-refractivity contribution in [3.63, 3.8) is 0 Å². The summed E-state index contributed by atoms with van der Waals surface area (Å²) in [6, 6.07) is 0. The van der Waals surface area contributed by atoms with Crippen molar-refractivity contribution < 1.29 is 0 Å². The summed E-state index contributed by atoms with van der Waals surface area (Å²) in [6.45, 7) is 3.90. The predicted molar refractivity (Wildman–Crippen MR) is 76.0 cm³/mol. The number of H-pyrrole nitrogens is 2. The van der Waals surface area contributed by atoms with Gasteiger partial charge in [0.2, 0.25) is 0 Å². The van der Waals surface area contributed by atoms with E-state index in [1.807, 2.05) is 18.0 Å². The molecule has 98 valence electrons. The lowest BCUT2D eigenvalue weighted by molar-refractivity contribution is 0.734. The topological polar surface area (TPSA) is 73.6 Å². The Kier molecular flexibility index (Phi) is 4.83. The SMILES string of the molecule is CCCSCCNCc1c[nH]c2c(=O)[nH]cnc12. The van der Waals surface area contributed by atoms with E-state index in [0.717, 1.165) is 29.9 Å². The lowest BCUT2D eigenvalue weighted by Gasteiger charge is -2.03. The van der Waals surface area contributed by atoms with Gasteiger partial charge in [-0.3, -0.25) is 4.79 Å². The fourth-order valence-corrected chi connectivity index (χ4v) is 2.53. The van der Waals surface area contributed by atoms with Crippen LogP contribution in [0.1, 0.15) is 18.9 Å². The average molecular weight is 266 g/mol. The highest BCUT2D eigenvalue weighted by atomic mass is 32.2. The number of aromatic amines is 2. The Balaban J connectivity index is 1.88. The smallest absolute Gasteiger partial charge is 0.275 e. The Hall–Kier alpha value is -1.27. The predicted octanol–water partition coefficient (Wildman–Crippen LogP) is 1.48. The van der Waals surface area contributed by atoms with Crippen LogP contribution in [0.2, 0.25) is 0 Å². The van der Waals surface area contributed by atoms with E-state index in [-0.39, 0.29) is 5.56 Å². The van der Waals surface area contributed by atoms with E-state index < -0.39 is 0 Å². The van der Waals surface area contributed by atoms with Crippen molar-refractivity contribution in [1.29, 1.82) is 0 Å². The molecule has 3 N–H and O–H groups in total. The maximum atomic E-state index is 11.5. The van der Waals surface area contributed by atoms with E-state index in [1.54, 1.807) is 0 Å². The number of hydrogen-bond donors (Lipinski definition) is 3. The van der Waals surface area contributed by atoms with Crippen molar-refractivity contribution in [3.8, 4) is 0 Å². The normalized spacial score (nSPS) is 11.2. The van der Waals surface area contributed by atoms with Gasteiger partial charge in [0.15, 0.2) is 0 Å². The van der Waals surface area contributed by atoms with Crippen LogP contribution < -0.4 is 10.9 Å². The second kappa shape index (κ2) is 6.61. The third-order valence-corrected chi connectivity index (χ3v) is 3.82. The summed E-state index contributed by atoms with van der Waals surface area (Å²) in [6.07, 6.45) is 4.51. The molecule has 0 aromatic carbocycles. The first kappa shape index (κ1) is 13.2. The van der Waals surface area contributed by atoms with Gasteiger partial charge in [0.25, 0.3) is 5.56 Å². The van der Waals surface area contributed by atoms with Gasteiger partial charge >= 0.3 is 0 Å². The average Bonchev–Trinajstić information content (AvgIpc) is 2.79. The van der Waals surface area contributed by atoms with Crippen molar-refractivity contribution in [3.05, 3.63) is 28.4 Å². The van der Waals surface area contributed by atoms with Crippen LogP contribution in [0.3, 0.4) is 0 Å². The number of fused-ring (bicyclic) bond motifs is 1. The second-order valence-electron chi connectivity index (χ2n) is 4.06. The molecule has 2 heterocycles. The molecular formula is C12H18N4OS. The van der Waals surface area contributed by atoms with Gasteiger partial charge in [0.1, 0.15) is 5.52 Å². The third kappa shape index (κ3) is 3.14. The van der Waals surface area contributed by atoms with E-state index in [0.29, 0.717) is 5.52 Å². The molecule has 2 aromatic heterocycles. The highest BCUT2D eigenvalue weighted by molar-refractivity contribution is 7.99. The Labute approximate surface area is 110 Å². The fourth-order valence-electron chi connectivity index (χ4n) is 1.75. The molecule has 2 rings (SSSR count). The molecule has 0 unspecified atom stereocenters. The van der Waals surface area contributed by atoms with Gasteiger partial charge in [-0.2, -0.15) is 11.8 Å². The van der Waals surface area contributed by atoms with Crippen LogP contribution in [0.4, 0.5) is 0 Å². The quantitative estimate of drug-likeness (QED) is 0.664. The minimum absolute atomic E-state index is 0.121. The van der Waals surface area contributed by atoms with E-state index in [1.165, 1.54) is 18.5 Å². The van der Waals surface area contributed by atoms with Gasteiger partial charge in [0, 0.05) is 30.6 Å². The van der Waals surface area contributed by atoms with Crippen molar-refractivity contribution in [2.45, 2.75) is 19.9 Å². The Morgan fingerprint density at radius 2 is 2.28 bits per heavy atom. The summed E-state index contributed by atoms with van der Waals surface area (Å²) in [7, 11) is 0. The second-order valence-corrected chi connectivity index (χ2v) is 5.28. The van der Waals surface area contributed by atoms with Crippen LogP contribution in [0.5, 0.6) is 0 Å². The van der Waals surface area contributed by atoms with Crippen molar-refractivity contribution in [1.82, 2.24) is 20.3 Å². The van der Waals surface area contributed by atoms with Crippen LogP contribution in [0, 0.1) is 0 Å². The molecule has 0 fully saturated rings. The number of nitrogens with one attached hydrogen (secondary N) is 3. The number of nitrogens with zero attached hydrogens (tertiary/aromatic N) is 1. The van der Waals surface area contributed by atoms with Gasteiger partial charge in [-0.25, -0.2) is 4.98 Å². The number of aromatic nitrogens is 3. The summed E-state index contributed by atoms with van der Waals surface area (Å²) < 4.78 is 0. The molecular weight excluding hydrogens is 248 g/mol. The molecule has 0 bridgehead atoms. The summed E-state index contributed by atoms with van der Waals surface area (Å²) in [4.78, 5) is 21.2. The minimum Gasteiger partial charge on any atom is -0.355 e. The molecule has 0 saturated carbocycles. The third-order valence-electron chi connectivity index (χ3n) is 2.64. The zero-order valence-electron chi connectivity index (χ0n) is 10.5. The molecule has 18 heavy (non-hydrogen) atoms. The number of rotatable bonds is 7. The molecule has 6 heteroatoms. The van der Waals surface area contributed by atoms with Gasteiger partial charge < -0.3 is 15.3 Å². The maximum absolute atomic E-state index is 11.5. The maximum Gasteiger partial charge on any atom is 0.275 e. The van der Waals surface area contributed by atoms with Gasteiger partial charge in [-0.05, 0) is 12.2 Å². The lowest BCUT2D eigenvalue weighted by atomic mass is 10.3. The molecule has 0 atom stereocenters. The van der Waals surface area contributed by atoms with Gasteiger partial charge in [0.05, 0.1) is 11.8 Å². The summed E-state index contributed by atoms with van der Waals surface area (Å²) in [5.41, 5.74) is 2.23. The van der Waals surface area contributed by atoms with Crippen molar-refractivity contribution in [2.75, 3.05) is 18.1 Å². The highest BCUT2D eigenvalue weighted by Crippen LogP contribution is 2.10.